The fourth-order valence-electron chi connectivity index (χ4n) is 5.70. The summed E-state index contributed by atoms with van der Waals surface area (Å²) in [6, 6.07) is 21.0. The van der Waals surface area contributed by atoms with E-state index in [0.29, 0.717) is 27.6 Å². The Morgan fingerprint density at radius 2 is 1.69 bits per heavy atom. The Bertz CT molecular complexity index is 1880. The summed E-state index contributed by atoms with van der Waals surface area (Å²) >= 11 is 6.45. The van der Waals surface area contributed by atoms with E-state index in [2.05, 4.69) is 0 Å². The summed E-state index contributed by atoms with van der Waals surface area (Å²) in [4.78, 5) is 45.6. The molecular formula is C30H18ClFN2O5. The van der Waals surface area contributed by atoms with Crippen LogP contribution in [0.5, 0.6) is 0 Å². The van der Waals surface area contributed by atoms with Crippen LogP contribution >= 0.6 is 11.6 Å². The molecule has 2 aromatic heterocycles. The fourth-order valence-corrected chi connectivity index (χ4v) is 5.89. The molecule has 0 saturated carbocycles. The summed E-state index contributed by atoms with van der Waals surface area (Å²) in [5.74, 6) is -1.65. The highest BCUT2D eigenvalue weighted by atomic mass is 35.5. The van der Waals surface area contributed by atoms with Gasteiger partial charge in [-0.05, 0) is 48.0 Å². The van der Waals surface area contributed by atoms with E-state index in [1.165, 1.54) is 22.1 Å². The van der Waals surface area contributed by atoms with Gasteiger partial charge in [0, 0.05) is 10.6 Å². The number of anilines is 1. The molecular weight excluding hydrogens is 523 g/mol. The molecule has 7 rings (SSSR count). The lowest BCUT2D eigenvalue weighted by atomic mass is 9.84. The maximum absolute atomic E-state index is 14.7. The minimum atomic E-state index is -1.86. The topological polar surface area (TPSA) is 84.0 Å². The molecule has 5 aromatic rings. The molecule has 1 spiro atoms. The average molecular weight is 541 g/mol. The monoisotopic (exact) mass is 540 g/mol. The van der Waals surface area contributed by atoms with Gasteiger partial charge in [-0.2, -0.15) is 0 Å². The van der Waals surface area contributed by atoms with E-state index in [0.717, 1.165) is 12.1 Å². The van der Waals surface area contributed by atoms with Gasteiger partial charge in [0.2, 0.25) is 5.76 Å². The number of fused-ring (bicyclic) bond motifs is 5. The van der Waals surface area contributed by atoms with E-state index in [1.54, 1.807) is 48.5 Å². The summed E-state index contributed by atoms with van der Waals surface area (Å²) in [6.07, 6.45) is 1.46. The number of carbonyl (C=O) groups is 2. The van der Waals surface area contributed by atoms with Crippen molar-refractivity contribution >= 4 is 40.1 Å². The zero-order chi connectivity index (χ0) is 26.9. The highest BCUT2D eigenvalue weighted by Gasteiger charge is 2.65. The van der Waals surface area contributed by atoms with Crippen LogP contribution in [0.2, 0.25) is 5.02 Å². The van der Waals surface area contributed by atoms with Crippen LogP contribution in [0.3, 0.4) is 0 Å². The molecule has 192 valence electrons. The van der Waals surface area contributed by atoms with Gasteiger partial charge in [-0.1, -0.05) is 48.0 Å². The molecule has 1 unspecified atom stereocenters. The Balaban J connectivity index is 1.53. The van der Waals surface area contributed by atoms with Crippen LogP contribution in [-0.2, 0) is 23.4 Å². The van der Waals surface area contributed by atoms with Gasteiger partial charge in [0.15, 0.2) is 11.0 Å². The Labute approximate surface area is 225 Å². The second-order valence-electron chi connectivity index (χ2n) is 9.46. The number of furan rings is 1. The lowest BCUT2D eigenvalue weighted by Gasteiger charge is -2.33. The van der Waals surface area contributed by atoms with E-state index >= 15 is 0 Å². The predicted molar refractivity (Wildman–Crippen MR) is 141 cm³/mol. The molecule has 0 aliphatic carbocycles. The van der Waals surface area contributed by atoms with Crippen LogP contribution < -0.4 is 10.3 Å². The molecule has 0 radical (unpaired) electrons. The van der Waals surface area contributed by atoms with Crippen LogP contribution in [0.25, 0.3) is 11.0 Å². The standard InChI is InChI=1S/C30H18ClFN2O5/c31-22-9-3-1-6-17(22)15-33-23-10-4-2-8-21(23)30(29(33)37)25-26(35)20-14-18(32)11-12-24(20)39-27(25)28(36)34(30)16-19-7-5-13-38-19/h1-14H,15-16H2. The van der Waals surface area contributed by atoms with Gasteiger partial charge < -0.3 is 18.6 Å². The third-order valence-electron chi connectivity index (χ3n) is 7.38. The van der Waals surface area contributed by atoms with Gasteiger partial charge in [0.05, 0.1) is 36.0 Å². The van der Waals surface area contributed by atoms with Crippen molar-refractivity contribution in [3.8, 4) is 0 Å². The van der Waals surface area contributed by atoms with Crippen molar-refractivity contribution < 1.29 is 22.8 Å². The zero-order valence-electron chi connectivity index (χ0n) is 20.2. The molecule has 1 atom stereocenters. The normalized spacial score (nSPS) is 17.9. The summed E-state index contributed by atoms with van der Waals surface area (Å²) < 4.78 is 25.7. The number of hydrogen-bond acceptors (Lipinski definition) is 5. The molecule has 7 nitrogen and oxygen atoms in total. The number of halogens is 2. The predicted octanol–water partition coefficient (Wildman–Crippen LogP) is 5.62. The van der Waals surface area contributed by atoms with E-state index in [1.807, 2.05) is 12.1 Å². The van der Waals surface area contributed by atoms with Crippen molar-refractivity contribution in [1.29, 1.82) is 0 Å². The summed E-state index contributed by atoms with van der Waals surface area (Å²) in [5, 5.41) is 0.413. The first-order chi connectivity index (χ1) is 18.9. The molecule has 2 amide bonds. The Morgan fingerprint density at radius 3 is 2.49 bits per heavy atom. The zero-order valence-corrected chi connectivity index (χ0v) is 20.9. The van der Waals surface area contributed by atoms with Gasteiger partial charge in [-0.25, -0.2) is 4.39 Å². The van der Waals surface area contributed by atoms with E-state index in [4.69, 9.17) is 20.4 Å². The first-order valence-corrected chi connectivity index (χ1v) is 12.5. The molecule has 2 aliphatic heterocycles. The average Bonchev–Trinajstić information content (AvgIpc) is 3.60. The number of benzene rings is 3. The summed E-state index contributed by atoms with van der Waals surface area (Å²) in [7, 11) is 0. The lowest BCUT2D eigenvalue weighted by molar-refractivity contribution is -0.126. The smallest absolute Gasteiger partial charge is 0.291 e. The van der Waals surface area contributed by atoms with Crippen molar-refractivity contribution in [1.82, 2.24) is 4.90 Å². The number of rotatable bonds is 4. The second kappa shape index (κ2) is 8.41. The van der Waals surface area contributed by atoms with Gasteiger partial charge in [-0.3, -0.25) is 14.4 Å². The van der Waals surface area contributed by atoms with E-state index in [9.17, 15) is 18.8 Å². The molecule has 0 fully saturated rings. The first-order valence-electron chi connectivity index (χ1n) is 12.2. The molecule has 0 saturated heterocycles. The van der Waals surface area contributed by atoms with Crippen LogP contribution in [0.15, 0.2) is 98.8 Å². The lowest BCUT2D eigenvalue weighted by Crippen LogP contribution is -2.52. The maximum Gasteiger partial charge on any atom is 0.291 e. The Kier molecular flexibility index (Phi) is 5.05. The van der Waals surface area contributed by atoms with E-state index in [-0.39, 0.29) is 35.4 Å². The maximum atomic E-state index is 14.7. The van der Waals surface area contributed by atoms with E-state index < -0.39 is 28.6 Å². The summed E-state index contributed by atoms with van der Waals surface area (Å²) in [6.45, 7) is -0.0108. The summed E-state index contributed by atoms with van der Waals surface area (Å²) in [5.41, 5.74) is -0.961. The van der Waals surface area contributed by atoms with Crippen molar-refractivity contribution in [3.05, 3.63) is 134 Å². The Hall–Kier alpha value is -4.69. The van der Waals surface area contributed by atoms with Crippen molar-refractivity contribution in [2.75, 3.05) is 4.90 Å². The molecule has 3 aromatic carbocycles. The number of para-hydroxylation sites is 1. The third-order valence-corrected chi connectivity index (χ3v) is 7.75. The minimum absolute atomic E-state index is 0.0511. The first kappa shape index (κ1) is 23.4. The fraction of sp³-hybridized carbons (Fsp3) is 0.100. The minimum Gasteiger partial charge on any atom is -0.467 e. The van der Waals surface area contributed by atoms with Crippen molar-refractivity contribution in [3.63, 3.8) is 0 Å². The van der Waals surface area contributed by atoms with Crippen molar-refractivity contribution in [2.24, 2.45) is 0 Å². The van der Waals surface area contributed by atoms with Gasteiger partial charge in [0.25, 0.3) is 11.8 Å². The number of carbonyl (C=O) groups excluding carboxylic acids is 2. The Morgan fingerprint density at radius 1 is 0.897 bits per heavy atom. The largest absolute Gasteiger partial charge is 0.467 e. The van der Waals surface area contributed by atoms with Crippen LogP contribution in [-0.4, -0.2) is 16.7 Å². The number of amides is 2. The van der Waals surface area contributed by atoms with Crippen LogP contribution in [0, 0.1) is 5.82 Å². The number of hydrogen-bond donors (Lipinski definition) is 0. The highest BCUT2D eigenvalue weighted by molar-refractivity contribution is 6.31. The van der Waals surface area contributed by atoms with Crippen LogP contribution in [0.4, 0.5) is 10.1 Å². The highest BCUT2D eigenvalue weighted by Crippen LogP contribution is 2.53. The van der Waals surface area contributed by atoms with Gasteiger partial charge in [-0.15, -0.1) is 0 Å². The van der Waals surface area contributed by atoms with Gasteiger partial charge in [0.1, 0.15) is 17.2 Å². The molecule has 0 N–H and O–H groups in total. The second-order valence-corrected chi connectivity index (χ2v) is 9.86. The molecule has 9 heteroatoms. The molecule has 39 heavy (non-hydrogen) atoms. The molecule has 2 aliphatic rings. The molecule has 4 heterocycles. The third kappa shape index (κ3) is 3.18. The molecule has 0 bridgehead atoms. The van der Waals surface area contributed by atoms with Crippen molar-refractivity contribution in [2.45, 2.75) is 18.6 Å². The number of nitrogens with zero attached hydrogens (tertiary/aromatic N) is 2. The van der Waals surface area contributed by atoms with Crippen LogP contribution in [0.1, 0.15) is 33.0 Å². The quantitative estimate of drug-likeness (QED) is 0.295. The SMILES string of the molecule is O=C1c2oc3ccc(F)cc3c(=O)c2C2(C(=O)N(Cc3ccccc3Cl)c3ccccc32)N1Cc1ccco1. The van der Waals surface area contributed by atoms with Gasteiger partial charge >= 0.3 is 0 Å².